The summed E-state index contributed by atoms with van der Waals surface area (Å²) in [5.74, 6) is 0.284. The maximum Gasteiger partial charge on any atom is 0.233 e. The molecule has 0 spiro atoms. The summed E-state index contributed by atoms with van der Waals surface area (Å²) >= 11 is 0. The maximum absolute atomic E-state index is 11.2. The van der Waals surface area contributed by atoms with Crippen LogP contribution < -0.4 is 10.6 Å². The van der Waals surface area contributed by atoms with E-state index in [2.05, 4.69) is 10.6 Å². The molecule has 1 rings (SSSR count). The Balaban J connectivity index is 2.10. The highest BCUT2D eigenvalue weighted by Crippen LogP contribution is 2.24. The van der Waals surface area contributed by atoms with E-state index in [1.807, 2.05) is 6.92 Å². The molecule has 2 unspecified atom stereocenters. The first-order valence-electron chi connectivity index (χ1n) is 5.39. The fourth-order valence-electron chi connectivity index (χ4n) is 1.80. The molecule has 0 radical (unpaired) electrons. The number of carbonyl (C=O) groups excluding carboxylic acids is 1. The van der Waals surface area contributed by atoms with E-state index in [1.165, 1.54) is 0 Å². The van der Waals surface area contributed by atoms with Gasteiger partial charge in [0.25, 0.3) is 0 Å². The predicted molar refractivity (Wildman–Crippen MR) is 54.9 cm³/mol. The van der Waals surface area contributed by atoms with Gasteiger partial charge in [0.15, 0.2) is 0 Å². The van der Waals surface area contributed by atoms with Crippen molar-refractivity contribution >= 4 is 5.91 Å². The van der Waals surface area contributed by atoms with Crippen molar-refractivity contribution in [1.82, 2.24) is 10.6 Å². The average molecular weight is 200 g/mol. The fraction of sp³-hybridized carbons (Fsp3) is 0.900. The van der Waals surface area contributed by atoms with E-state index >= 15 is 0 Å². The Kier molecular flexibility index (Phi) is 4.90. The normalized spacial score (nSPS) is 26.4. The van der Waals surface area contributed by atoms with E-state index < -0.39 is 0 Å². The van der Waals surface area contributed by atoms with Crippen LogP contribution in [0, 0.1) is 5.92 Å². The van der Waals surface area contributed by atoms with Gasteiger partial charge >= 0.3 is 0 Å². The maximum atomic E-state index is 11.2. The van der Waals surface area contributed by atoms with E-state index in [-0.39, 0.29) is 17.9 Å². The van der Waals surface area contributed by atoms with Gasteiger partial charge in [0, 0.05) is 12.5 Å². The number of rotatable bonds is 5. The highest BCUT2D eigenvalue weighted by Gasteiger charge is 2.25. The molecule has 0 heterocycles. The molecular weight excluding hydrogens is 180 g/mol. The van der Waals surface area contributed by atoms with Crippen LogP contribution in [-0.4, -0.2) is 36.8 Å². The van der Waals surface area contributed by atoms with Crippen molar-refractivity contribution in [2.75, 3.05) is 19.6 Å². The average Bonchev–Trinajstić information content (AvgIpc) is 2.58. The van der Waals surface area contributed by atoms with Gasteiger partial charge in [-0.15, -0.1) is 0 Å². The van der Waals surface area contributed by atoms with E-state index in [1.54, 1.807) is 0 Å². The molecule has 0 aromatic rings. The summed E-state index contributed by atoms with van der Waals surface area (Å²) in [5, 5.41) is 15.3. The Labute approximate surface area is 85.1 Å². The van der Waals surface area contributed by atoms with Crippen molar-refractivity contribution in [1.29, 1.82) is 0 Å². The first-order chi connectivity index (χ1) is 6.74. The lowest BCUT2D eigenvalue weighted by Gasteiger charge is -2.14. The highest BCUT2D eigenvalue weighted by atomic mass is 16.3. The molecule has 0 aliphatic heterocycles. The molecule has 0 aromatic heterocycles. The van der Waals surface area contributed by atoms with Crippen molar-refractivity contribution in [3.63, 3.8) is 0 Å². The Morgan fingerprint density at radius 3 is 2.86 bits per heavy atom. The zero-order valence-electron chi connectivity index (χ0n) is 8.75. The van der Waals surface area contributed by atoms with Gasteiger partial charge in [0.05, 0.1) is 12.6 Å². The second kappa shape index (κ2) is 5.98. The largest absolute Gasteiger partial charge is 0.393 e. The van der Waals surface area contributed by atoms with Gasteiger partial charge in [-0.25, -0.2) is 0 Å². The lowest BCUT2D eigenvalue weighted by Crippen LogP contribution is -2.38. The van der Waals surface area contributed by atoms with Gasteiger partial charge in [-0.2, -0.15) is 0 Å². The molecule has 1 aliphatic rings. The summed E-state index contributed by atoms with van der Waals surface area (Å²) < 4.78 is 0. The van der Waals surface area contributed by atoms with E-state index in [0.29, 0.717) is 13.1 Å². The minimum absolute atomic E-state index is 0.0194. The Morgan fingerprint density at radius 1 is 1.50 bits per heavy atom. The number of hydrogen-bond donors (Lipinski definition) is 3. The molecule has 3 N–H and O–H groups in total. The first-order valence-corrected chi connectivity index (χ1v) is 5.39. The molecule has 1 saturated carbocycles. The van der Waals surface area contributed by atoms with Crippen molar-refractivity contribution < 1.29 is 9.90 Å². The molecule has 4 heteroatoms. The van der Waals surface area contributed by atoms with Crippen molar-refractivity contribution in [3.05, 3.63) is 0 Å². The molecule has 82 valence electrons. The zero-order valence-corrected chi connectivity index (χ0v) is 8.75. The van der Waals surface area contributed by atoms with E-state index in [9.17, 15) is 9.90 Å². The van der Waals surface area contributed by atoms with Gasteiger partial charge in [0.1, 0.15) is 0 Å². The molecule has 2 atom stereocenters. The third-order valence-corrected chi connectivity index (χ3v) is 2.72. The van der Waals surface area contributed by atoms with Gasteiger partial charge < -0.3 is 15.7 Å². The standard InChI is InChI=1S/C10H20N2O2/c1-2-11-7-10(14)12-6-8-4-3-5-9(8)13/h8-9,11,13H,2-7H2,1H3,(H,12,14). The molecule has 1 fully saturated rings. The van der Waals surface area contributed by atoms with Crippen LogP contribution in [0.15, 0.2) is 0 Å². The van der Waals surface area contributed by atoms with Gasteiger partial charge in [0.2, 0.25) is 5.91 Å². The number of carbonyl (C=O) groups is 1. The first kappa shape index (κ1) is 11.5. The van der Waals surface area contributed by atoms with Crippen LogP contribution in [0.3, 0.4) is 0 Å². The molecule has 14 heavy (non-hydrogen) atoms. The lowest BCUT2D eigenvalue weighted by atomic mass is 10.1. The summed E-state index contributed by atoms with van der Waals surface area (Å²) in [5.41, 5.74) is 0. The Morgan fingerprint density at radius 2 is 2.29 bits per heavy atom. The molecule has 1 aliphatic carbocycles. The van der Waals surface area contributed by atoms with Crippen LogP contribution in [0.2, 0.25) is 0 Å². The van der Waals surface area contributed by atoms with Gasteiger partial charge in [-0.3, -0.25) is 4.79 Å². The Hall–Kier alpha value is -0.610. The summed E-state index contributed by atoms with van der Waals surface area (Å²) in [6.45, 7) is 3.76. The summed E-state index contributed by atoms with van der Waals surface area (Å²) in [7, 11) is 0. The zero-order chi connectivity index (χ0) is 10.4. The van der Waals surface area contributed by atoms with Crippen LogP contribution >= 0.6 is 0 Å². The van der Waals surface area contributed by atoms with Crippen LogP contribution in [0.1, 0.15) is 26.2 Å². The van der Waals surface area contributed by atoms with E-state index in [0.717, 1.165) is 25.8 Å². The summed E-state index contributed by atoms with van der Waals surface area (Å²) in [6, 6.07) is 0. The smallest absolute Gasteiger partial charge is 0.233 e. The van der Waals surface area contributed by atoms with Crippen LogP contribution in [-0.2, 0) is 4.79 Å². The van der Waals surface area contributed by atoms with Crippen molar-refractivity contribution in [2.24, 2.45) is 5.92 Å². The summed E-state index contributed by atoms with van der Waals surface area (Å²) in [6.07, 6.45) is 2.78. The molecule has 1 amide bonds. The topological polar surface area (TPSA) is 61.4 Å². The van der Waals surface area contributed by atoms with Gasteiger partial charge in [-0.1, -0.05) is 13.3 Å². The molecule has 0 bridgehead atoms. The minimum Gasteiger partial charge on any atom is -0.393 e. The number of likely N-dealkylation sites (N-methyl/N-ethyl adjacent to an activating group) is 1. The van der Waals surface area contributed by atoms with Crippen LogP contribution in [0.25, 0.3) is 0 Å². The van der Waals surface area contributed by atoms with Crippen LogP contribution in [0.4, 0.5) is 0 Å². The number of nitrogens with one attached hydrogen (secondary N) is 2. The molecule has 0 saturated heterocycles. The molecular formula is C10H20N2O2. The monoisotopic (exact) mass is 200 g/mol. The summed E-state index contributed by atoms with van der Waals surface area (Å²) in [4.78, 5) is 11.2. The lowest BCUT2D eigenvalue weighted by molar-refractivity contribution is -0.120. The van der Waals surface area contributed by atoms with Crippen molar-refractivity contribution in [3.8, 4) is 0 Å². The second-order valence-corrected chi connectivity index (χ2v) is 3.84. The number of amides is 1. The minimum atomic E-state index is -0.213. The highest BCUT2D eigenvalue weighted by molar-refractivity contribution is 5.77. The predicted octanol–water partition coefficient (Wildman–Crippen LogP) is -0.127. The van der Waals surface area contributed by atoms with Crippen LogP contribution in [0.5, 0.6) is 0 Å². The molecule has 4 nitrogen and oxygen atoms in total. The Bertz CT molecular complexity index is 185. The number of hydrogen-bond acceptors (Lipinski definition) is 3. The van der Waals surface area contributed by atoms with E-state index in [4.69, 9.17) is 0 Å². The quantitative estimate of drug-likeness (QED) is 0.579. The second-order valence-electron chi connectivity index (χ2n) is 3.84. The third-order valence-electron chi connectivity index (χ3n) is 2.72. The number of aliphatic hydroxyl groups is 1. The SMILES string of the molecule is CCNCC(=O)NCC1CCCC1O. The third kappa shape index (κ3) is 3.64. The van der Waals surface area contributed by atoms with Crippen molar-refractivity contribution in [2.45, 2.75) is 32.3 Å². The van der Waals surface area contributed by atoms with Gasteiger partial charge in [-0.05, 0) is 19.4 Å². The number of aliphatic hydroxyl groups excluding tert-OH is 1. The molecule has 0 aromatic carbocycles. The fourth-order valence-corrected chi connectivity index (χ4v) is 1.80.